The third-order valence-electron chi connectivity index (χ3n) is 4.00. The molecular weight excluding hydrogens is 422 g/mol. The molecule has 0 aliphatic carbocycles. The van der Waals surface area contributed by atoms with E-state index < -0.39 is 45.7 Å². The van der Waals surface area contributed by atoms with Gasteiger partial charge in [-0.3, -0.25) is 14.5 Å². The number of amides is 2. The lowest BCUT2D eigenvalue weighted by atomic mass is 10.1. The zero-order valence-corrected chi connectivity index (χ0v) is 15.2. The van der Waals surface area contributed by atoms with Crippen LogP contribution >= 0.6 is 11.8 Å². The Hall–Kier alpha value is -2.69. The van der Waals surface area contributed by atoms with Crippen LogP contribution in [0.2, 0.25) is 0 Å². The van der Waals surface area contributed by atoms with Crippen LogP contribution in [0.25, 0.3) is 0 Å². The molecule has 1 N–H and O–H groups in total. The maximum absolute atomic E-state index is 13.0. The van der Waals surface area contributed by atoms with Crippen molar-refractivity contribution in [1.29, 1.82) is 0 Å². The first kappa shape index (κ1) is 21.0. The van der Waals surface area contributed by atoms with Crippen molar-refractivity contribution in [3.05, 3.63) is 65.2 Å². The SMILES string of the molecule is O=C1SC(Nc2cc(C(F)(F)F)cc(C(F)(F)F)c2)C(=O)N1Cc1ccccc1. The molecule has 3 rings (SSSR count). The Kier molecular flexibility index (Phi) is 5.52. The van der Waals surface area contributed by atoms with Gasteiger partial charge in [0, 0.05) is 5.69 Å². The molecule has 2 aromatic rings. The predicted molar refractivity (Wildman–Crippen MR) is 93.8 cm³/mol. The molecule has 2 amide bonds. The topological polar surface area (TPSA) is 49.4 Å². The van der Waals surface area contributed by atoms with E-state index in [1.807, 2.05) is 0 Å². The van der Waals surface area contributed by atoms with E-state index in [1.54, 1.807) is 30.3 Å². The standard InChI is InChI=1S/C18H12F6N2O2S/c19-17(20,21)11-6-12(18(22,23)24)8-13(7-11)25-14-15(27)26(16(28)29-14)9-10-4-2-1-3-5-10/h1-8,14,25H,9H2. The zero-order valence-electron chi connectivity index (χ0n) is 14.3. The third-order valence-corrected chi connectivity index (χ3v) is 4.98. The number of benzene rings is 2. The Bertz CT molecular complexity index is 898. The van der Waals surface area contributed by atoms with Crippen molar-refractivity contribution in [1.82, 2.24) is 4.90 Å². The van der Waals surface area contributed by atoms with Crippen molar-refractivity contribution in [2.45, 2.75) is 24.3 Å². The van der Waals surface area contributed by atoms with Gasteiger partial charge in [0.2, 0.25) is 0 Å². The average molecular weight is 434 g/mol. The molecule has 0 bridgehead atoms. The summed E-state index contributed by atoms with van der Waals surface area (Å²) in [7, 11) is 0. The zero-order chi connectivity index (χ0) is 21.4. The maximum atomic E-state index is 13.0. The van der Waals surface area contributed by atoms with Gasteiger partial charge < -0.3 is 5.32 Å². The third kappa shape index (κ3) is 4.84. The van der Waals surface area contributed by atoms with Gasteiger partial charge in [0.1, 0.15) is 0 Å². The number of halogens is 6. The molecule has 1 aliphatic rings. The molecule has 1 aliphatic heterocycles. The van der Waals surface area contributed by atoms with Crippen LogP contribution in [0.15, 0.2) is 48.5 Å². The lowest BCUT2D eigenvalue weighted by Crippen LogP contribution is -2.34. The highest BCUT2D eigenvalue weighted by molar-refractivity contribution is 8.15. The van der Waals surface area contributed by atoms with Gasteiger partial charge in [0.25, 0.3) is 11.1 Å². The van der Waals surface area contributed by atoms with Gasteiger partial charge in [-0.05, 0) is 35.5 Å². The van der Waals surface area contributed by atoms with E-state index in [9.17, 15) is 35.9 Å². The van der Waals surface area contributed by atoms with Crippen molar-refractivity contribution < 1.29 is 35.9 Å². The van der Waals surface area contributed by atoms with Gasteiger partial charge in [-0.1, -0.05) is 30.3 Å². The Balaban J connectivity index is 1.84. The molecule has 4 nitrogen and oxygen atoms in total. The second-order valence-corrected chi connectivity index (χ2v) is 7.17. The van der Waals surface area contributed by atoms with E-state index in [4.69, 9.17) is 0 Å². The fraction of sp³-hybridized carbons (Fsp3) is 0.222. The second kappa shape index (κ2) is 7.62. The number of nitrogens with one attached hydrogen (secondary N) is 1. The Morgan fingerprint density at radius 3 is 1.97 bits per heavy atom. The minimum absolute atomic E-state index is 0.0122. The van der Waals surface area contributed by atoms with Crippen LogP contribution in [0.4, 0.5) is 36.8 Å². The number of rotatable bonds is 4. The molecule has 0 saturated carbocycles. The number of anilines is 1. The quantitative estimate of drug-likeness (QED) is 0.659. The fourth-order valence-electron chi connectivity index (χ4n) is 2.64. The van der Waals surface area contributed by atoms with Crippen LogP contribution in [0.5, 0.6) is 0 Å². The summed E-state index contributed by atoms with van der Waals surface area (Å²) in [5.74, 6) is -0.755. The molecular formula is C18H12F6N2O2S. The van der Waals surface area contributed by atoms with Gasteiger partial charge in [0.05, 0.1) is 17.7 Å². The van der Waals surface area contributed by atoms with Crippen molar-refractivity contribution in [2.24, 2.45) is 0 Å². The lowest BCUT2D eigenvalue weighted by Gasteiger charge is -2.17. The number of thioether (sulfide) groups is 1. The van der Waals surface area contributed by atoms with Crippen molar-refractivity contribution >= 4 is 28.6 Å². The molecule has 2 aromatic carbocycles. The molecule has 1 unspecified atom stereocenters. The Labute approximate surface area is 164 Å². The van der Waals surface area contributed by atoms with Crippen molar-refractivity contribution in [3.8, 4) is 0 Å². The largest absolute Gasteiger partial charge is 0.416 e. The molecule has 11 heteroatoms. The van der Waals surface area contributed by atoms with Crippen molar-refractivity contribution in [3.63, 3.8) is 0 Å². The van der Waals surface area contributed by atoms with E-state index in [-0.39, 0.29) is 12.6 Å². The van der Waals surface area contributed by atoms with Gasteiger partial charge in [-0.2, -0.15) is 26.3 Å². The van der Waals surface area contributed by atoms with Gasteiger partial charge in [-0.15, -0.1) is 0 Å². The normalized spacial score (nSPS) is 17.7. The molecule has 1 fully saturated rings. The minimum atomic E-state index is -5.01. The smallest absolute Gasteiger partial charge is 0.365 e. The summed E-state index contributed by atoms with van der Waals surface area (Å²) in [6, 6.07) is 9.41. The number of alkyl halides is 6. The van der Waals surface area contributed by atoms with Crippen LogP contribution in [-0.4, -0.2) is 21.4 Å². The molecule has 0 radical (unpaired) electrons. The maximum Gasteiger partial charge on any atom is 0.416 e. The van der Waals surface area contributed by atoms with E-state index in [0.717, 1.165) is 4.90 Å². The minimum Gasteiger partial charge on any atom is -0.365 e. The monoisotopic (exact) mass is 434 g/mol. The summed E-state index contributed by atoms with van der Waals surface area (Å²) >= 11 is 0.486. The van der Waals surface area contributed by atoms with E-state index in [0.29, 0.717) is 29.5 Å². The Morgan fingerprint density at radius 1 is 0.897 bits per heavy atom. The number of imide groups is 1. The summed E-state index contributed by atoms with van der Waals surface area (Å²) in [4.78, 5) is 25.5. The number of hydrogen-bond acceptors (Lipinski definition) is 4. The van der Waals surface area contributed by atoms with Gasteiger partial charge in [0.15, 0.2) is 5.37 Å². The summed E-state index contributed by atoms with van der Waals surface area (Å²) in [6.45, 7) is -0.0555. The van der Waals surface area contributed by atoms with Crippen molar-refractivity contribution in [2.75, 3.05) is 5.32 Å². The lowest BCUT2D eigenvalue weighted by molar-refractivity contribution is -0.143. The van der Waals surface area contributed by atoms with E-state index >= 15 is 0 Å². The number of hydrogen-bond donors (Lipinski definition) is 1. The predicted octanol–water partition coefficient (Wildman–Crippen LogP) is 5.36. The number of carbonyl (C=O) groups excluding carboxylic acids is 2. The molecule has 0 aromatic heterocycles. The van der Waals surface area contributed by atoms with Crippen LogP contribution in [0.1, 0.15) is 16.7 Å². The van der Waals surface area contributed by atoms with Crippen LogP contribution in [-0.2, 0) is 23.7 Å². The molecule has 1 atom stereocenters. The summed E-state index contributed by atoms with van der Waals surface area (Å²) in [5, 5.41) is 0.322. The fourth-order valence-corrected chi connectivity index (χ4v) is 3.54. The van der Waals surface area contributed by atoms with E-state index in [2.05, 4.69) is 5.32 Å². The molecule has 154 valence electrons. The molecule has 1 saturated heterocycles. The highest BCUT2D eigenvalue weighted by Crippen LogP contribution is 2.38. The second-order valence-electron chi connectivity index (χ2n) is 6.11. The van der Waals surface area contributed by atoms with E-state index in [1.165, 1.54) is 0 Å². The number of carbonyl (C=O) groups is 2. The summed E-state index contributed by atoms with van der Waals surface area (Å²) in [6.07, 6.45) is -10.0. The molecule has 0 spiro atoms. The van der Waals surface area contributed by atoms with Gasteiger partial charge >= 0.3 is 12.4 Å². The first-order valence-corrected chi connectivity index (χ1v) is 8.95. The summed E-state index contributed by atoms with van der Waals surface area (Å²) < 4.78 is 77.8. The Morgan fingerprint density at radius 2 is 1.45 bits per heavy atom. The van der Waals surface area contributed by atoms with Gasteiger partial charge in [-0.25, -0.2) is 0 Å². The first-order chi connectivity index (χ1) is 13.4. The number of nitrogens with zero attached hydrogens (tertiary/aromatic N) is 1. The average Bonchev–Trinajstić information content (AvgIpc) is 2.88. The molecule has 29 heavy (non-hydrogen) atoms. The highest BCUT2D eigenvalue weighted by atomic mass is 32.2. The highest BCUT2D eigenvalue weighted by Gasteiger charge is 2.41. The van der Waals surface area contributed by atoms with Crippen LogP contribution in [0.3, 0.4) is 0 Å². The first-order valence-electron chi connectivity index (χ1n) is 8.07. The molecule has 1 heterocycles. The van der Waals surface area contributed by atoms with Crippen LogP contribution in [0, 0.1) is 0 Å². The summed E-state index contributed by atoms with van der Waals surface area (Å²) in [5.41, 5.74) is -2.95. The van der Waals surface area contributed by atoms with Crippen LogP contribution < -0.4 is 5.32 Å².